The molecule has 0 saturated heterocycles. The Morgan fingerprint density at radius 2 is 1.30 bits per heavy atom. The van der Waals surface area contributed by atoms with Gasteiger partial charge in [-0.25, -0.2) is 9.67 Å². The van der Waals surface area contributed by atoms with Crippen LogP contribution in [0.1, 0.15) is 17.7 Å². The second kappa shape index (κ2) is 19.6. The number of aromatic amines is 1. The molecule has 60 heavy (non-hydrogen) atoms. The van der Waals surface area contributed by atoms with Crippen LogP contribution in [-0.4, -0.2) is 64.6 Å². The van der Waals surface area contributed by atoms with E-state index in [1.54, 1.807) is 28.9 Å². The van der Waals surface area contributed by atoms with E-state index >= 15 is 0 Å². The number of nitrogens with one attached hydrogen (secondary N) is 1. The molecule has 0 aliphatic rings. The highest BCUT2D eigenvalue weighted by Crippen LogP contribution is 2.32. The van der Waals surface area contributed by atoms with Gasteiger partial charge in [-0.3, -0.25) is 9.59 Å². The lowest BCUT2D eigenvalue weighted by Crippen LogP contribution is -2.13. The van der Waals surface area contributed by atoms with Gasteiger partial charge in [0.25, 0.3) is 5.56 Å². The molecule has 0 spiro atoms. The van der Waals surface area contributed by atoms with Gasteiger partial charge >= 0.3 is 0 Å². The van der Waals surface area contributed by atoms with Crippen LogP contribution in [0.4, 0.5) is 0 Å². The number of ether oxygens (including phenoxy) is 5. The molecule has 13 nitrogen and oxygen atoms in total. The summed E-state index contributed by atoms with van der Waals surface area (Å²) in [7, 11) is 0. The van der Waals surface area contributed by atoms with Crippen molar-refractivity contribution in [1.29, 1.82) is 0 Å². The fourth-order valence-electron chi connectivity index (χ4n) is 6.51. The van der Waals surface area contributed by atoms with Crippen LogP contribution < -0.4 is 25.2 Å². The predicted octanol–water partition coefficient (Wildman–Crippen LogP) is 7.66. The molecular formula is C47H43N5O8. The zero-order chi connectivity index (χ0) is 40.9. The molecule has 8 rings (SSSR count). The van der Waals surface area contributed by atoms with Gasteiger partial charge in [0.1, 0.15) is 36.1 Å². The minimum absolute atomic E-state index is 0.163. The van der Waals surface area contributed by atoms with Crippen molar-refractivity contribution in [2.24, 2.45) is 0 Å². The molecule has 0 saturated carbocycles. The number of aryl methyl sites for hydroxylation is 1. The van der Waals surface area contributed by atoms with Crippen molar-refractivity contribution in [3.05, 3.63) is 165 Å². The maximum Gasteiger partial charge on any atom is 0.259 e. The highest BCUT2D eigenvalue weighted by atomic mass is 16.5. The van der Waals surface area contributed by atoms with Crippen LogP contribution in [0.3, 0.4) is 0 Å². The summed E-state index contributed by atoms with van der Waals surface area (Å²) in [5.74, 6) is 2.46. The van der Waals surface area contributed by atoms with Gasteiger partial charge in [-0.1, -0.05) is 59.8 Å². The quantitative estimate of drug-likeness (QED) is 0.0756. The number of rotatable bonds is 20. The molecule has 8 aromatic rings. The Balaban J connectivity index is 0.701. The Hall–Kier alpha value is -7.09. The molecule has 0 fully saturated rings. The average molecular weight is 806 g/mol. The third-order valence-corrected chi connectivity index (χ3v) is 9.60. The lowest BCUT2D eigenvalue weighted by atomic mass is 10.1. The topological polar surface area (TPSA) is 153 Å². The first-order chi connectivity index (χ1) is 29.6. The number of hydrogen-bond acceptors (Lipinski definition) is 11. The standard InChI is InChI=1S/C47H43N5O8/c53-43-40-13-5-7-15-42(40)60-44(45(43)59-32-33-9-2-1-3-10-33)34-16-20-38(21-17-34)58-30-29-56-28-27-55-26-24-52-31-36(50-51-52)11-8-25-57-37-22-18-35(19-23-37)46-48-41-14-6-4-12-39(41)47(54)49-46/h1-7,9-10,12-23,31H,8,11,24-30,32H2,(H,48,49,54). The number of H-pyrrole nitrogens is 1. The van der Waals surface area contributed by atoms with E-state index in [1.165, 1.54) is 0 Å². The molecule has 3 aromatic heterocycles. The Labute approximate surface area is 345 Å². The number of fused-ring (bicyclic) bond motifs is 2. The van der Waals surface area contributed by atoms with Gasteiger partial charge in [-0.2, -0.15) is 0 Å². The Bertz CT molecular complexity index is 2750. The largest absolute Gasteiger partial charge is 0.494 e. The SMILES string of the molecule is O=c1[nH]c(-c2ccc(OCCCc3cn(CCOCCOCCOc4ccc(-c5oc6ccccc6c(=O)c5OCc5ccccc5)cc4)nn3)cc2)nc2ccccc12. The molecule has 0 atom stereocenters. The molecular weight excluding hydrogens is 763 g/mol. The summed E-state index contributed by atoms with van der Waals surface area (Å²) in [6, 6.07) is 39.0. The van der Waals surface area contributed by atoms with Crippen LogP contribution in [0.15, 0.2) is 148 Å². The van der Waals surface area contributed by atoms with E-state index in [2.05, 4.69) is 20.3 Å². The molecule has 5 aromatic carbocycles. The van der Waals surface area contributed by atoms with E-state index in [0.29, 0.717) is 91.0 Å². The molecule has 304 valence electrons. The van der Waals surface area contributed by atoms with E-state index in [1.807, 2.05) is 109 Å². The summed E-state index contributed by atoms with van der Waals surface area (Å²) >= 11 is 0. The first kappa shape index (κ1) is 39.7. The van der Waals surface area contributed by atoms with Gasteiger partial charge in [-0.15, -0.1) is 5.10 Å². The maximum absolute atomic E-state index is 13.4. The maximum atomic E-state index is 13.4. The van der Waals surface area contributed by atoms with E-state index in [4.69, 9.17) is 28.1 Å². The monoisotopic (exact) mass is 805 g/mol. The number of nitrogens with zero attached hydrogens (tertiary/aromatic N) is 4. The molecule has 0 unspecified atom stereocenters. The summed E-state index contributed by atoms with van der Waals surface area (Å²) in [5, 5.41) is 9.51. The average Bonchev–Trinajstić information content (AvgIpc) is 3.75. The first-order valence-corrected chi connectivity index (χ1v) is 19.8. The van der Waals surface area contributed by atoms with Crippen molar-refractivity contribution in [1.82, 2.24) is 25.0 Å². The fraction of sp³-hybridized carbons (Fsp3) is 0.213. The third-order valence-electron chi connectivity index (χ3n) is 9.60. The Morgan fingerprint density at radius 3 is 2.10 bits per heavy atom. The van der Waals surface area contributed by atoms with Crippen LogP contribution in [0.5, 0.6) is 17.2 Å². The van der Waals surface area contributed by atoms with E-state index in [-0.39, 0.29) is 23.3 Å². The van der Waals surface area contributed by atoms with Crippen LogP contribution in [0.2, 0.25) is 0 Å². The van der Waals surface area contributed by atoms with Gasteiger partial charge in [-0.05, 0) is 91.2 Å². The van der Waals surface area contributed by atoms with Crippen LogP contribution >= 0.6 is 0 Å². The van der Waals surface area contributed by atoms with E-state index in [0.717, 1.165) is 35.4 Å². The minimum Gasteiger partial charge on any atom is -0.494 e. The molecule has 13 heteroatoms. The minimum atomic E-state index is -0.219. The summed E-state index contributed by atoms with van der Waals surface area (Å²) in [6.07, 6.45) is 3.43. The van der Waals surface area contributed by atoms with Crippen molar-refractivity contribution in [2.75, 3.05) is 39.6 Å². The normalized spacial score (nSPS) is 11.3. The van der Waals surface area contributed by atoms with Crippen LogP contribution in [-0.2, 0) is 29.0 Å². The van der Waals surface area contributed by atoms with Gasteiger partial charge in [0.2, 0.25) is 11.2 Å². The van der Waals surface area contributed by atoms with Crippen LogP contribution in [0.25, 0.3) is 44.6 Å². The zero-order valence-corrected chi connectivity index (χ0v) is 32.8. The molecule has 0 amide bonds. The number of benzene rings is 5. The summed E-state index contributed by atoms with van der Waals surface area (Å²) < 4.78 is 37.3. The van der Waals surface area contributed by atoms with Crippen molar-refractivity contribution in [3.63, 3.8) is 0 Å². The molecule has 1 N–H and O–H groups in total. The second-order valence-electron chi connectivity index (χ2n) is 13.8. The summed E-state index contributed by atoms with van der Waals surface area (Å²) in [4.78, 5) is 33.3. The smallest absolute Gasteiger partial charge is 0.259 e. The Morgan fingerprint density at radius 1 is 0.633 bits per heavy atom. The summed E-state index contributed by atoms with van der Waals surface area (Å²) in [5.41, 5.74) is 4.10. The van der Waals surface area contributed by atoms with Crippen molar-refractivity contribution >= 4 is 21.9 Å². The molecule has 3 heterocycles. The van der Waals surface area contributed by atoms with Crippen molar-refractivity contribution in [2.45, 2.75) is 26.0 Å². The number of hydrogen-bond donors (Lipinski definition) is 1. The van der Waals surface area contributed by atoms with Gasteiger partial charge < -0.3 is 33.1 Å². The lowest BCUT2D eigenvalue weighted by molar-refractivity contribution is 0.0333. The molecule has 0 aliphatic heterocycles. The zero-order valence-electron chi connectivity index (χ0n) is 32.8. The summed E-state index contributed by atoms with van der Waals surface area (Å²) in [6.45, 7) is 3.45. The van der Waals surface area contributed by atoms with E-state index in [9.17, 15) is 9.59 Å². The van der Waals surface area contributed by atoms with Crippen molar-refractivity contribution in [3.8, 4) is 40.0 Å². The van der Waals surface area contributed by atoms with Crippen molar-refractivity contribution < 1.29 is 28.1 Å². The number of aromatic nitrogens is 5. The highest BCUT2D eigenvalue weighted by Gasteiger charge is 2.18. The van der Waals surface area contributed by atoms with Gasteiger partial charge in [0, 0.05) is 17.3 Å². The lowest BCUT2D eigenvalue weighted by Gasteiger charge is -2.12. The third kappa shape index (κ3) is 10.1. The van der Waals surface area contributed by atoms with Gasteiger partial charge in [0.05, 0.1) is 61.6 Å². The predicted molar refractivity (Wildman–Crippen MR) is 227 cm³/mol. The molecule has 0 bridgehead atoms. The van der Waals surface area contributed by atoms with Gasteiger partial charge in [0.15, 0.2) is 5.76 Å². The molecule has 0 aliphatic carbocycles. The Kier molecular flexibility index (Phi) is 13.0. The number of para-hydroxylation sites is 2. The first-order valence-electron chi connectivity index (χ1n) is 19.8. The fourth-order valence-corrected chi connectivity index (χ4v) is 6.51. The second-order valence-corrected chi connectivity index (χ2v) is 13.8. The van der Waals surface area contributed by atoms with E-state index < -0.39 is 0 Å². The van der Waals surface area contributed by atoms with Crippen LogP contribution in [0, 0.1) is 0 Å². The molecule has 0 radical (unpaired) electrons. The highest BCUT2D eigenvalue weighted by molar-refractivity contribution is 5.82.